The molecule has 1 aliphatic heterocycles. The van der Waals surface area contributed by atoms with Gasteiger partial charge >= 0.3 is 0 Å². The molecule has 5 nitrogen and oxygen atoms in total. The number of carbonyl (C=O) groups is 1. The summed E-state index contributed by atoms with van der Waals surface area (Å²) in [7, 11) is 0. The van der Waals surface area contributed by atoms with Gasteiger partial charge in [-0.3, -0.25) is 15.6 Å². The first-order valence-electron chi connectivity index (χ1n) is 7.10. The van der Waals surface area contributed by atoms with Crippen molar-refractivity contribution in [3.05, 3.63) is 78.0 Å². The highest BCUT2D eigenvalue weighted by molar-refractivity contribution is 5.93. The Morgan fingerprint density at radius 3 is 2.65 bits per heavy atom. The Balaban J connectivity index is 1.54. The summed E-state index contributed by atoms with van der Waals surface area (Å²) < 4.78 is 10.6. The lowest BCUT2D eigenvalue weighted by atomic mass is 10.2. The summed E-state index contributed by atoms with van der Waals surface area (Å²) in [6.07, 6.45) is 3.63. The second kappa shape index (κ2) is 6.70. The number of benzene rings is 2. The first kappa shape index (κ1) is 14.7. The molecule has 1 heterocycles. The van der Waals surface area contributed by atoms with Crippen molar-refractivity contribution >= 4 is 12.0 Å². The van der Waals surface area contributed by atoms with Crippen LogP contribution in [0.15, 0.2) is 66.9 Å². The van der Waals surface area contributed by atoms with E-state index in [0.717, 1.165) is 17.1 Å². The minimum absolute atomic E-state index is 0.219. The fraction of sp³-hybridized carbons (Fsp3) is 0.0556. The van der Waals surface area contributed by atoms with E-state index in [1.165, 1.54) is 0 Å². The maximum absolute atomic E-state index is 11.9. The molecular weight excluding hydrogens is 292 g/mol. The molecule has 116 valence electrons. The monoisotopic (exact) mass is 308 g/mol. The van der Waals surface area contributed by atoms with Crippen molar-refractivity contribution < 1.29 is 14.3 Å². The number of carbonyl (C=O) groups excluding carboxylic acids is 1. The van der Waals surface area contributed by atoms with Gasteiger partial charge in [0.15, 0.2) is 11.5 Å². The van der Waals surface area contributed by atoms with Crippen molar-refractivity contribution in [2.45, 2.75) is 0 Å². The molecule has 1 amide bonds. The lowest BCUT2D eigenvalue weighted by molar-refractivity contribution is 0.0939. The number of hydrogen-bond donors (Lipinski definition) is 2. The van der Waals surface area contributed by atoms with Gasteiger partial charge in [-0.2, -0.15) is 0 Å². The molecule has 0 saturated heterocycles. The van der Waals surface area contributed by atoms with Crippen molar-refractivity contribution in [3.8, 4) is 11.5 Å². The van der Waals surface area contributed by atoms with Gasteiger partial charge in [0, 0.05) is 11.3 Å². The Kier molecular flexibility index (Phi) is 4.29. The van der Waals surface area contributed by atoms with E-state index in [2.05, 4.69) is 17.4 Å². The lowest BCUT2D eigenvalue weighted by Crippen LogP contribution is -2.35. The second-order valence-corrected chi connectivity index (χ2v) is 4.92. The molecule has 0 aliphatic carbocycles. The van der Waals surface area contributed by atoms with Crippen LogP contribution in [0.25, 0.3) is 6.08 Å². The Bertz CT molecular complexity index is 754. The predicted octanol–water partition coefficient (Wildman–Crippen LogP) is 2.88. The van der Waals surface area contributed by atoms with Crippen LogP contribution in [-0.4, -0.2) is 12.7 Å². The summed E-state index contributed by atoms with van der Waals surface area (Å²) in [5.74, 6) is 1.25. The van der Waals surface area contributed by atoms with Crippen molar-refractivity contribution in [2.24, 2.45) is 0 Å². The van der Waals surface area contributed by atoms with Gasteiger partial charge in [0.25, 0.3) is 5.91 Å². The number of ether oxygens (including phenoxy) is 2. The molecule has 0 unspecified atom stereocenters. The summed E-state index contributed by atoms with van der Waals surface area (Å²) in [5.41, 5.74) is 7.45. The summed E-state index contributed by atoms with van der Waals surface area (Å²) in [4.78, 5) is 11.9. The minimum atomic E-state index is -0.219. The Labute approximate surface area is 134 Å². The summed E-state index contributed by atoms with van der Waals surface area (Å²) >= 11 is 0. The zero-order chi connectivity index (χ0) is 16.1. The Morgan fingerprint density at radius 2 is 1.83 bits per heavy atom. The number of amides is 1. The van der Waals surface area contributed by atoms with Crippen LogP contribution in [-0.2, 0) is 0 Å². The summed E-state index contributed by atoms with van der Waals surface area (Å²) in [6, 6.07) is 14.6. The zero-order valence-corrected chi connectivity index (χ0v) is 12.4. The Hall–Kier alpha value is -3.21. The number of rotatable bonds is 5. The molecule has 0 radical (unpaired) electrons. The third-order valence-electron chi connectivity index (χ3n) is 3.25. The van der Waals surface area contributed by atoms with E-state index in [1.807, 2.05) is 42.5 Å². The van der Waals surface area contributed by atoms with Crippen LogP contribution in [0, 0.1) is 0 Å². The van der Waals surface area contributed by atoms with Crippen molar-refractivity contribution in [2.75, 3.05) is 6.79 Å². The van der Waals surface area contributed by atoms with Gasteiger partial charge in [-0.25, -0.2) is 0 Å². The standard InChI is InChI=1S/C18H16N2O3/c1-13(19-20-18(21)15-5-3-2-4-6-15)7-8-14-9-10-16-17(11-14)23-12-22-16/h2-11,19H,1,12H2,(H,20,21). The van der Waals surface area contributed by atoms with Crippen molar-refractivity contribution in [1.82, 2.24) is 10.9 Å². The fourth-order valence-electron chi connectivity index (χ4n) is 2.05. The first-order chi connectivity index (χ1) is 11.2. The summed E-state index contributed by atoms with van der Waals surface area (Å²) in [5, 5.41) is 0. The highest BCUT2D eigenvalue weighted by Gasteiger charge is 2.12. The number of hydrogen-bond acceptors (Lipinski definition) is 4. The highest BCUT2D eigenvalue weighted by atomic mass is 16.7. The first-order valence-corrected chi connectivity index (χ1v) is 7.10. The quantitative estimate of drug-likeness (QED) is 0.659. The smallest absolute Gasteiger partial charge is 0.269 e. The van der Waals surface area contributed by atoms with E-state index in [1.54, 1.807) is 18.2 Å². The van der Waals surface area contributed by atoms with Crippen LogP contribution < -0.4 is 20.3 Å². The predicted molar refractivity (Wildman–Crippen MR) is 87.8 cm³/mol. The summed E-state index contributed by atoms with van der Waals surface area (Å²) in [6.45, 7) is 4.09. The van der Waals surface area contributed by atoms with Gasteiger partial charge in [-0.1, -0.05) is 36.9 Å². The van der Waals surface area contributed by atoms with Gasteiger partial charge in [-0.15, -0.1) is 0 Å². The average molecular weight is 308 g/mol. The highest BCUT2D eigenvalue weighted by Crippen LogP contribution is 2.32. The van der Waals surface area contributed by atoms with Crippen LogP contribution in [0.3, 0.4) is 0 Å². The third-order valence-corrected chi connectivity index (χ3v) is 3.25. The SMILES string of the molecule is C=C(C=Cc1ccc2c(c1)OCO2)NNC(=O)c1ccccc1. The largest absolute Gasteiger partial charge is 0.454 e. The third kappa shape index (κ3) is 3.71. The molecule has 0 aromatic heterocycles. The molecule has 1 aliphatic rings. The molecular formula is C18H16N2O3. The maximum atomic E-state index is 11.9. The van der Waals surface area contributed by atoms with Crippen LogP contribution >= 0.6 is 0 Å². The Morgan fingerprint density at radius 1 is 1.04 bits per heavy atom. The van der Waals surface area contributed by atoms with E-state index >= 15 is 0 Å². The van der Waals surface area contributed by atoms with E-state index in [0.29, 0.717) is 11.3 Å². The van der Waals surface area contributed by atoms with Crippen molar-refractivity contribution in [1.29, 1.82) is 0 Å². The second-order valence-electron chi connectivity index (χ2n) is 4.92. The van der Waals surface area contributed by atoms with Gasteiger partial charge in [-0.05, 0) is 35.9 Å². The van der Waals surface area contributed by atoms with Gasteiger partial charge in [0.2, 0.25) is 6.79 Å². The fourth-order valence-corrected chi connectivity index (χ4v) is 2.05. The van der Waals surface area contributed by atoms with Crippen LogP contribution in [0.2, 0.25) is 0 Å². The molecule has 2 aromatic carbocycles. The minimum Gasteiger partial charge on any atom is -0.454 e. The average Bonchev–Trinajstić information content (AvgIpc) is 3.06. The topological polar surface area (TPSA) is 59.6 Å². The molecule has 2 aromatic rings. The van der Waals surface area contributed by atoms with Gasteiger partial charge in [0.05, 0.1) is 0 Å². The molecule has 0 fully saturated rings. The molecule has 0 bridgehead atoms. The molecule has 5 heteroatoms. The lowest BCUT2D eigenvalue weighted by Gasteiger charge is -2.08. The molecule has 0 spiro atoms. The molecule has 23 heavy (non-hydrogen) atoms. The van der Waals surface area contributed by atoms with E-state index in [4.69, 9.17) is 9.47 Å². The molecule has 2 N–H and O–H groups in total. The number of hydrazine groups is 1. The van der Waals surface area contributed by atoms with E-state index in [-0.39, 0.29) is 12.7 Å². The molecule has 0 atom stereocenters. The van der Waals surface area contributed by atoms with E-state index < -0.39 is 0 Å². The zero-order valence-electron chi connectivity index (χ0n) is 12.4. The molecule has 3 rings (SSSR count). The van der Waals surface area contributed by atoms with E-state index in [9.17, 15) is 4.79 Å². The normalized spacial score (nSPS) is 12.2. The number of fused-ring (bicyclic) bond motifs is 1. The number of nitrogens with one attached hydrogen (secondary N) is 2. The van der Waals surface area contributed by atoms with Crippen LogP contribution in [0.5, 0.6) is 11.5 Å². The number of allylic oxidation sites excluding steroid dienone is 1. The maximum Gasteiger partial charge on any atom is 0.269 e. The van der Waals surface area contributed by atoms with Crippen LogP contribution in [0.1, 0.15) is 15.9 Å². The van der Waals surface area contributed by atoms with Gasteiger partial charge < -0.3 is 9.47 Å². The molecule has 0 saturated carbocycles. The van der Waals surface area contributed by atoms with Crippen LogP contribution in [0.4, 0.5) is 0 Å². The van der Waals surface area contributed by atoms with Gasteiger partial charge in [0.1, 0.15) is 0 Å². The van der Waals surface area contributed by atoms with Crippen molar-refractivity contribution in [3.63, 3.8) is 0 Å².